The minimum Gasteiger partial charge on any atom is -0.478 e. The Labute approximate surface area is 138 Å². The molecule has 0 aliphatic rings. The molecule has 7 nitrogen and oxygen atoms in total. The average molecular weight is 339 g/mol. The van der Waals surface area contributed by atoms with Crippen LogP contribution >= 0.6 is 11.3 Å². The van der Waals surface area contributed by atoms with Gasteiger partial charge in [-0.2, -0.15) is 9.61 Å². The van der Waals surface area contributed by atoms with E-state index < -0.39 is 5.97 Å². The Balaban J connectivity index is 1.71. The number of furan rings is 1. The summed E-state index contributed by atoms with van der Waals surface area (Å²) in [7, 11) is 0. The highest BCUT2D eigenvalue weighted by molar-refractivity contribution is 7.15. The molecule has 0 unspecified atom stereocenters. The number of hydrogen-bond donors (Lipinski definition) is 1. The molecule has 0 atom stereocenters. The van der Waals surface area contributed by atoms with E-state index in [9.17, 15) is 9.59 Å². The predicted molar refractivity (Wildman–Crippen MR) is 87.0 cm³/mol. The molecule has 8 heteroatoms. The summed E-state index contributed by atoms with van der Waals surface area (Å²) in [5.74, 6) is 0.133. The first-order valence-corrected chi connectivity index (χ1v) is 7.71. The van der Waals surface area contributed by atoms with Crippen molar-refractivity contribution < 1.29 is 14.3 Å². The van der Waals surface area contributed by atoms with E-state index in [1.54, 1.807) is 30.3 Å². The van der Waals surface area contributed by atoms with E-state index in [-0.39, 0.29) is 11.1 Å². The second kappa shape index (κ2) is 5.43. The molecular weight excluding hydrogens is 330 g/mol. The summed E-state index contributed by atoms with van der Waals surface area (Å²) >= 11 is 1.23. The minimum absolute atomic E-state index is 0.211. The van der Waals surface area contributed by atoms with Crippen LogP contribution < -0.4 is 10.1 Å². The zero-order valence-corrected chi connectivity index (χ0v) is 12.9. The molecule has 118 valence electrons. The molecule has 4 aromatic rings. The van der Waals surface area contributed by atoms with Gasteiger partial charge in [0.15, 0.2) is 0 Å². The van der Waals surface area contributed by atoms with Crippen LogP contribution in [0.4, 0.5) is 0 Å². The van der Waals surface area contributed by atoms with Gasteiger partial charge in [-0.3, -0.25) is 4.79 Å². The van der Waals surface area contributed by atoms with Gasteiger partial charge in [-0.1, -0.05) is 23.5 Å². The van der Waals surface area contributed by atoms with Gasteiger partial charge in [-0.25, -0.2) is 9.78 Å². The third-order valence-electron chi connectivity index (χ3n) is 3.44. The number of fused-ring (bicyclic) bond motifs is 1. The third kappa shape index (κ3) is 2.38. The molecule has 0 aliphatic heterocycles. The highest BCUT2D eigenvalue weighted by atomic mass is 32.1. The Morgan fingerprint density at radius 3 is 2.71 bits per heavy atom. The zero-order chi connectivity index (χ0) is 16.7. The van der Waals surface area contributed by atoms with Crippen molar-refractivity contribution in [1.82, 2.24) is 14.6 Å². The van der Waals surface area contributed by atoms with E-state index in [0.717, 1.165) is 5.56 Å². The molecular formula is C16H9N3O4S. The van der Waals surface area contributed by atoms with Crippen molar-refractivity contribution in [2.45, 2.75) is 0 Å². The monoisotopic (exact) mass is 339 g/mol. The highest BCUT2D eigenvalue weighted by Gasteiger charge is 2.08. The van der Waals surface area contributed by atoms with Crippen LogP contribution in [0.25, 0.3) is 22.4 Å². The predicted octanol–water partition coefficient (Wildman–Crippen LogP) is 1.66. The topological polar surface area (TPSA) is 97.7 Å². The maximum absolute atomic E-state index is 12.1. The maximum Gasteiger partial charge on any atom is 0.335 e. The van der Waals surface area contributed by atoms with Crippen molar-refractivity contribution in [2.75, 3.05) is 0 Å². The standard InChI is InChI=1S/C16H9N3O4S/c20-14-13(24-16-17-8-18-19(14)16)7-11-5-6-12(23-11)9-1-3-10(4-2-9)15(21)22/h1-8H,(H,21,22)/b13-7-. The van der Waals surface area contributed by atoms with Gasteiger partial charge in [0.2, 0.25) is 4.96 Å². The quantitative estimate of drug-likeness (QED) is 0.609. The molecule has 0 radical (unpaired) electrons. The fourth-order valence-electron chi connectivity index (χ4n) is 2.27. The number of aromatic nitrogens is 3. The van der Waals surface area contributed by atoms with Crippen LogP contribution in [-0.2, 0) is 0 Å². The van der Waals surface area contributed by atoms with Gasteiger partial charge in [0, 0.05) is 11.6 Å². The number of nitrogens with zero attached hydrogens (tertiary/aromatic N) is 3. The molecule has 3 aromatic heterocycles. The van der Waals surface area contributed by atoms with Crippen LogP contribution in [0.1, 0.15) is 16.1 Å². The largest absolute Gasteiger partial charge is 0.478 e. The van der Waals surface area contributed by atoms with Crippen molar-refractivity contribution in [2.24, 2.45) is 0 Å². The highest BCUT2D eigenvalue weighted by Crippen LogP contribution is 2.23. The zero-order valence-electron chi connectivity index (χ0n) is 12.0. The molecule has 0 bridgehead atoms. The average Bonchev–Trinajstić information content (AvgIpc) is 3.28. The molecule has 0 saturated carbocycles. The Morgan fingerprint density at radius 1 is 1.21 bits per heavy atom. The van der Waals surface area contributed by atoms with Gasteiger partial charge in [0.1, 0.15) is 22.4 Å². The van der Waals surface area contributed by atoms with Crippen molar-refractivity contribution in [1.29, 1.82) is 0 Å². The van der Waals surface area contributed by atoms with Crippen LogP contribution in [0.3, 0.4) is 0 Å². The SMILES string of the molecule is O=C(O)c1ccc(-c2ccc(/C=c3\sc4ncnn4c3=O)o2)cc1. The van der Waals surface area contributed by atoms with E-state index in [4.69, 9.17) is 9.52 Å². The summed E-state index contributed by atoms with van der Waals surface area (Å²) in [5.41, 5.74) is 0.725. The van der Waals surface area contributed by atoms with Gasteiger partial charge in [0.05, 0.1) is 5.56 Å². The number of hydrogen-bond acceptors (Lipinski definition) is 6. The number of rotatable bonds is 3. The molecule has 0 aliphatic carbocycles. The minimum atomic E-state index is -0.977. The summed E-state index contributed by atoms with van der Waals surface area (Å²) < 4.78 is 7.44. The second-order valence-corrected chi connectivity index (χ2v) is 5.96. The lowest BCUT2D eigenvalue weighted by molar-refractivity contribution is 0.0697. The molecule has 1 N–H and O–H groups in total. The number of thiazole rings is 1. The number of carbonyl (C=O) groups is 1. The molecule has 0 amide bonds. The van der Waals surface area contributed by atoms with Crippen molar-refractivity contribution in [3.8, 4) is 11.3 Å². The van der Waals surface area contributed by atoms with Crippen molar-refractivity contribution >= 4 is 28.3 Å². The van der Waals surface area contributed by atoms with Gasteiger partial charge in [0.25, 0.3) is 5.56 Å². The Hall–Kier alpha value is -3.26. The Morgan fingerprint density at radius 2 is 2.00 bits per heavy atom. The molecule has 0 saturated heterocycles. The van der Waals surface area contributed by atoms with E-state index in [0.29, 0.717) is 21.0 Å². The lowest BCUT2D eigenvalue weighted by Crippen LogP contribution is -2.23. The van der Waals surface area contributed by atoms with Crippen LogP contribution in [0.5, 0.6) is 0 Å². The first-order valence-electron chi connectivity index (χ1n) is 6.89. The van der Waals surface area contributed by atoms with Crippen molar-refractivity contribution in [3.63, 3.8) is 0 Å². The normalized spacial score (nSPS) is 12.1. The summed E-state index contributed by atoms with van der Waals surface area (Å²) in [5, 5.41) is 12.8. The van der Waals surface area contributed by atoms with Gasteiger partial charge in [-0.15, -0.1) is 0 Å². The number of carboxylic acids is 1. The maximum atomic E-state index is 12.1. The van der Waals surface area contributed by atoms with Gasteiger partial charge >= 0.3 is 5.97 Å². The fourth-order valence-corrected chi connectivity index (χ4v) is 3.13. The van der Waals surface area contributed by atoms with E-state index in [1.165, 1.54) is 34.3 Å². The van der Waals surface area contributed by atoms with Crippen molar-refractivity contribution in [3.05, 3.63) is 68.9 Å². The molecule has 4 rings (SSSR count). The lowest BCUT2D eigenvalue weighted by atomic mass is 10.1. The molecule has 1 aromatic carbocycles. The Kier molecular flexibility index (Phi) is 3.24. The van der Waals surface area contributed by atoms with Gasteiger partial charge < -0.3 is 9.52 Å². The smallest absolute Gasteiger partial charge is 0.335 e. The van der Waals surface area contributed by atoms with E-state index in [2.05, 4.69) is 10.1 Å². The molecule has 0 spiro atoms. The summed E-state index contributed by atoms with van der Waals surface area (Å²) in [4.78, 5) is 27.5. The molecule has 0 fully saturated rings. The first-order chi connectivity index (χ1) is 11.6. The number of benzene rings is 1. The van der Waals surface area contributed by atoms with E-state index in [1.807, 2.05) is 0 Å². The summed E-state index contributed by atoms with van der Waals surface area (Å²) in [6.07, 6.45) is 2.97. The fraction of sp³-hybridized carbons (Fsp3) is 0. The molecule has 3 heterocycles. The lowest BCUT2D eigenvalue weighted by Gasteiger charge is -1.98. The third-order valence-corrected chi connectivity index (χ3v) is 4.41. The number of carboxylic acid groups (broad SMARTS) is 1. The van der Waals surface area contributed by atoms with Crippen LogP contribution in [-0.4, -0.2) is 25.7 Å². The second-order valence-electron chi connectivity index (χ2n) is 4.95. The first kappa shape index (κ1) is 14.3. The summed E-state index contributed by atoms with van der Waals surface area (Å²) in [6, 6.07) is 9.89. The summed E-state index contributed by atoms with van der Waals surface area (Å²) in [6.45, 7) is 0. The molecule has 24 heavy (non-hydrogen) atoms. The van der Waals surface area contributed by atoms with Crippen LogP contribution in [0, 0.1) is 0 Å². The van der Waals surface area contributed by atoms with Crippen LogP contribution in [0.15, 0.2) is 51.9 Å². The Bertz CT molecular complexity index is 1150. The number of aromatic carboxylic acids is 1. The van der Waals surface area contributed by atoms with Gasteiger partial charge in [-0.05, 0) is 24.3 Å². The van der Waals surface area contributed by atoms with E-state index >= 15 is 0 Å². The van der Waals surface area contributed by atoms with Crippen LogP contribution in [0.2, 0.25) is 0 Å².